The Balaban J connectivity index is 2.07. The quantitative estimate of drug-likeness (QED) is 0.354. The van der Waals surface area contributed by atoms with Gasteiger partial charge in [-0.1, -0.05) is 53.5 Å². The van der Waals surface area contributed by atoms with E-state index in [1.54, 1.807) is 68.4 Å². The molecule has 0 radical (unpaired) electrons. The molecule has 0 saturated carbocycles. The Bertz CT molecular complexity index is 1370. The third-order valence-electron chi connectivity index (χ3n) is 5.86. The van der Waals surface area contributed by atoms with Crippen molar-refractivity contribution in [3.8, 4) is 5.75 Å². The maximum absolute atomic E-state index is 13.9. The topological polar surface area (TPSA) is 96.0 Å². The minimum absolute atomic E-state index is 0.00749. The average Bonchev–Trinajstić information content (AvgIpc) is 2.91. The number of rotatable bonds is 11. The van der Waals surface area contributed by atoms with E-state index in [0.717, 1.165) is 4.31 Å². The number of amides is 2. The van der Waals surface area contributed by atoms with E-state index in [0.29, 0.717) is 27.9 Å². The second-order valence-corrected chi connectivity index (χ2v) is 11.0. The molecule has 0 fully saturated rings. The summed E-state index contributed by atoms with van der Waals surface area (Å²) >= 11 is 12.7. The van der Waals surface area contributed by atoms with Crippen LogP contribution in [0, 0.1) is 0 Å². The van der Waals surface area contributed by atoms with Crippen molar-refractivity contribution >= 4 is 50.7 Å². The first-order chi connectivity index (χ1) is 18.1. The summed E-state index contributed by atoms with van der Waals surface area (Å²) in [6, 6.07) is 18.2. The maximum atomic E-state index is 13.9. The van der Waals surface area contributed by atoms with Gasteiger partial charge in [0.15, 0.2) is 0 Å². The summed E-state index contributed by atoms with van der Waals surface area (Å²) < 4.78 is 33.8. The molecule has 3 aromatic rings. The molecule has 0 spiro atoms. The lowest BCUT2D eigenvalue weighted by Crippen LogP contribution is -2.51. The predicted octanol–water partition coefficient (Wildman–Crippen LogP) is 4.75. The number of nitrogens with one attached hydrogen (secondary N) is 1. The summed E-state index contributed by atoms with van der Waals surface area (Å²) in [5, 5.41) is 3.34. The first kappa shape index (κ1) is 29.3. The zero-order valence-electron chi connectivity index (χ0n) is 21.2. The molecule has 202 valence electrons. The largest absolute Gasteiger partial charge is 0.497 e. The van der Waals surface area contributed by atoms with E-state index in [1.165, 1.54) is 30.2 Å². The third kappa shape index (κ3) is 6.78. The fourth-order valence-electron chi connectivity index (χ4n) is 3.77. The minimum Gasteiger partial charge on any atom is -0.497 e. The van der Waals surface area contributed by atoms with Gasteiger partial charge in [-0.05, 0) is 50.2 Å². The summed E-state index contributed by atoms with van der Waals surface area (Å²) in [4.78, 5) is 27.9. The lowest BCUT2D eigenvalue weighted by atomic mass is 10.1. The summed E-state index contributed by atoms with van der Waals surface area (Å²) in [5.74, 6) is -0.608. The van der Waals surface area contributed by atoms with E-state index >= 15 is 0 Å². The van der Waals surface area contributed by atoms with Gasteiger partial charge < -0.3 is 15.0 Å². The molecule has 0 aliphatic heterocycles. The normalized spacial score (nSPS) is 11.9. The van der Waals surface area contributed by atoms with Crippen LogP contribution in [0.3, 0.4) is 0 Å². The van der Waals surface area contributed by atoms with Gasteiger partial charge in [0, 0.05) is 34.8 Å². The van der Waals surface area contributed by atoms with E-state index in [4.69, 9.17) is 27.9 Å². The Hall–Kier alpha value is -3.27. The highest BCUT2D eigenvalue weighted by Crippen LogP contribution is 2.29. The van der Waals surface area contributed by atoms with Crippen LogP contribution in [0.2, 0.25) is 10.0 Å². The highest BCUT2D eigenvalue weighted by atomic mass is 35.5. The SMILES string of the molecule is CCNC(=O)[C@H](C)N(Cc1c(Cl)cccc1Cl)C(=O)CN(c1cccc(OC)c1)S(=O)(=O)c1ccccc1. The second kappa shape index (κ2) is 13.0. The first-order valence-corrected chi connectivity index (χ1v) is 14.0. The van der Waals surface area contributed by atoms with Crippen LogP contribution < -0.4 is 14.4 Å². The number of likely N-dealkylation sites (N-methyl/N-ethyl adjacent to an activating group) is 1. The number of halogens is 2. The minimum atomic E-state index is -4.18. The zero-order chi connectivity index (χ0) is 27.9. The van der Waals surface area contributed by atoms with Crippen molar-refractivity contribution in [3.05, 3.63) is 88.4 Å². The van der Waals surface area contributed by atoms with Gasteiger partial charge in [0.05, 0.1) is 17.7 Å². The molecule has 8 nitrogen and oxygen atoms in total. The predicted molar refractivity (Wildman–Crippen MR) is 149 cm³/mol. The van der Waals surface area contributed by atoms with Gasteiger partial charge in [-0.25, -0.2) is 8.42 Å². The molecule has 0 aliphatic rings. The van der Waals surface area contributed by atoms with Gasteiger partial charge in [-0.15, -0.1) is 0 Å². The molecule has 3 rings (SSSR count). The number of ether oxygens (including phenoxy) is 1. The molecule has 0 aliphatic carbocycles. The van der Waals surface area contributed by atoms with Gasteiger partial charge in [-0.2, -0.15) is 0 Å². The van der Waals surface area contributed by atoms with Crippen LogP contribution >= 0.6 is 23.2 Å². The van der Waals surface area contributed by atoms with Crippen molar-refractivity contribution in [1.29, 1.82) is 0 Å². The molecule has 0 heterocycles. The monoisotopic (exact) mass is 577 g/mol. The van der Waals surface area contributed by atoms with Crippen LogP contribution in [0.25, 0.3) is 0 Å². The smallest absolute Gasteiger partial charge is 0.264 e. The average molecular weight is 579 g/mol. The lowest BCUT2D eigenvalue weighted by molar-refractivity contribution is -0.139. The molecule has 38 heavy (non-hydrogen) atoms. The second-order valence-electron chi connectivity index (χ2n) is 8.32. The molecule has 11 heteroatoms. The summed E-state index contributed by atoms with van der Waals surface area (Å²) in [6.07, 6.45) is 0. The van der Waals surface area contributed by atoms with Gasteiger partial charge >= 0.3 is 0 Å². The molecular formula is C27H29Cl2N3O5S. The first-order valence-electron chi connectivity index (χ1n) is 11.8. The lowest BCUT2D eigenvalue weighted by Gasteiger charge is -2.32. The highest BCUT2D eigenvalue weighted by molar-refractivity contribution is 7.92. The van der Waals surface area contributed by atoms with Crippen LogP contribution in [-0.2, 0) is 26.2 Å². The fourth-order valence-corrected chi connectivity index (χ4v) is 5.72. The van der Waals surface area contributed by atoms with E-state index in [2.05, 4.69) is 5.32 Å². The standard InChI is InChI=1S/C27H29Cl2N3O5S/c1-4-30-27(34)19(2)31(17-23-24(28)14-9-15-25(23)29)26(33)18-32(20-10-8-11-21(16-20)37-3)38(35,36)22-12-6-5-7-13-22/h5-16,19H,4,17-18H2,1-3H3,(H,30,34)/t19-/m0/s1. The number of nitrogens with zero attached hydrogens (tertiary/aromatic N) is 2. The number of carbonyl (C=O) groups is 2. The number of methoxy groups -OCH3 is 1. The highest BCUT2D eigenvalue weighted by Gasteiger charge is 2.33. The van der Waals surface area contributed by atoms with Gasteiger partial charge in [-0.3, -0.25) is 13.9 Å². The molecule has 1 atom stereocenters. The van der Waals surface area contributed by atoms with Crippen molar-refractivity contribution in [3.63, 3.8) is 0 Å². The van der Waals surface area contributed by atoms with Gasteiger partial charge in [0.25, 0.3) is 10.0 Å². The zero-order valence-corrected chi connectivity index (χ0v) is 23.6. The van der Waals surface area contributed by atoms with Crippen molar-refractivity contribution < 1.29 is 22.7 Å². The van der Waals surface area contributed by atoms with Gasteiger partial charge in [0.1, 0.15) is 18.3 Å². The third-order valence-corrected chi connectivity index (χ3v) is 8.36. The molecule has 0 unspecified atom stereocenters. The van der Waals surface area contributed by atoms with Crippen molar-refractivity contribution in [2.75, 3.05) is 24.5 Å². The molecule has 0 bridgehead atoms. The Morgan fingerprint density at radius 3 is 2.21 bits per heavy atom. The van der Waals surface area contributed by atoms with Crippen LogP contribution in [-0.4, -0.2) is 51.4 Å². The summed E-state index contributed by atoms with van der Waals surface area (Å²) in [7, 11) is -2.71. The van der Waals surface area contributed by atoms with E-state index in [1.807, 2.05) is 0 Å². The van der Waals surface area contributed by atoms with E-state index < -0.39 is 34.4 Å². The molecule has 3 aromatic carbocycles. The maximum Gasteiger partial charge on any atom is 0.264 e. The molecule has 0 saturated heterocycles. The number of anilines is 1. The van der Waals surface area contributed by atoms with E-state index in [-0.39, 0.29) is 17.1 Å². The van der Waals surface area contributed by atoms with Crippen LogP contribution in [0.1, 0.15) is 19.4 Å². The number of carbonyl (C=O) groups excluding carboxylic acids is 2. The summed E-state index contributed by atoms with van der Waals surface area (Å²) in [5.41, 5.74) is 0.669. The van der Waals surface area contributed by atoms with Gasteiger partial charge in [0.2, 0.25) is 11.8 Å². The number of hydrogen-bond donors (Lipinski definition) is 1. The Morgan fingerprint density at radius 1 is 0.974 bits per heavy atom. The number of hydrogen-bond acceptors (Lipinski definition) is 5. The fraction of sp³-hybridized carbons (Fsp3) is 0.259. The Morgan fingerprint density at radius 2 is 1.61 bits per heavy atom. The number of benzene rings is 3. The van der Waals surface area contributed by atoms with Crippen LogP contribution in [0.15, 0.2) is 77.7 Å². The van der Waals surface area contributed by atoms with E-state index in [9.17, 15) is 18.0 Å². The molecule has 2 amide bonds. The van der Waals surface area contributed by atoms with Crippen LogP contribution in [0.5, 0.6) is 5.75 Å². The molecule has 0 aromatic heterocycles. The van der Waals surface area contributed by atoms with Crippen molar-refractivity contribution in [2.45, 2.75) is 31.3 Å². The molecule has 1 N–H and O–H groups in total. The van der Waals surface area contributed by atoms with Crippen LogP contribution in [0.4, 0.5) is 5.69 Å². The molecular weight excluding hydrogens is 549 g/mol. The number of sulfonamides is 1. The summed E-state index contributed by atoms with van der Waals surface area (Å²) in [6.45, 7) is 2.99. The van der Waals surface area contributed by atoms with Crippen molar-refractivity contribution in [1.82, 2.24) is 10.2 Å². The Kier molecular flexibility index (Phi) is 10.0. The van der Waals surface area contributed by atoms with Crippen molar-refractivity contribution in [2.24, 2.45) is 0 Å². The Labute approximate surface area is 233 Å².